The molecule has 1 N–H and O–H groups in total. The van der Waals surface area contributed by atoms with Gasteiger partial charge < -0.3 is 5.32 Å². The summed E-state index contributed by atoms with van der Waals surface area (Å²) in [6.07, 6.45) is 1.55. The third-order valence-corrected chi connectivity index (χ3v) is 4.63. The zero-order valence-corrected chi connectivity index (χ0v) is 14.2. The monoisotopic (exact) mass is 360 g/mol. The quantitative estimate of drug-likeness (QED) is 0.777. The Kier molecular flexibility index (Phi) is 4.13. The lowest BCUT2D eigenvalue weighted by atomic mass is 9.83. The van der Waals surface area contributed by atoms with Crippen LogP contribution < -0.4 is 5.32 Å². The van der Waals surface area contributed by atoms with Crippen LogP contribution in [-0.2, 0) is 5.54 Å². The Bertz CT molecular complexity index is 1010. The smallest absolute Gasteiger partial charge is 0.141 e. The fraction of sp³-hybridized carbons (Fsp3) is 0.0952. The number of hydrogen-bond donors (Lipinski definition) is 1. The molecule has 27 heavy (non-hydrogen) atoms. The fourth-order valence-electron chi connectivity index (χ4n) is 3.24. The third-order valence-electron chi connectivity index (χ3n) is 4.63. The highest BCUT2D eigenvalue weighted by molar-refractivity contribution is 6.01. The molecule has 0 bridgehead atoms. The van der Waals surface area contributed by atoms with E-state index in [0.717, 1.165) is 16.7 Å². The molecule has 0 atom stereocenters. The van der Waals surface area contributed by atoms with Crippen LogP contribution in [0, 0.1) is 23.0 Å². The van der Waals surface area contributed by atoms with E-state index in [2.05, 4.69) is 15.3 Å². The number of benzene rings is 2. The maximum Gasteiger partial charge on any atom is 0.141 e. The average Bonchev–Trinajstić information content (AvgIpc) is 3.16. The molecule has 6 heteroatoms. The van der Waals surface area contributed by atoms with E-state index in [4.69, 9.17) is 5.26 Å². The first kappa shape index (κ1) is 16.9. The van der Waals surface area contributed by atoms with E-state index in [-0.39, 0.29) is 17.3 Å². The number of pyridine rings is 1. The third kappa shape index (κ3) is 3.04. The fourth-order valence-corrected chi connectivity index (χ4v) is 3.24. The van der Waals surface area contributed by atoms with Crippen molar-refractivity contribution < 1.29 is 8.78 Å². The van der Waals surface area contributed by atoms with E-state index < -0.39 is 5.54 Å². The van der Waals surface area contributed by atoms with Crippen molar-refractivity contribution in [1.82, 2.24) is 10.3 Å². The number of nitrogens with one attached hydrogen (secondary N) is 1. The van der Waals surface area contributed by atoms with Crippen LogP contribution in [0.15, 0.2) is 71.9 Å². The van der Waals surface area contributed by atoms with Crippen molar-refractivity contribution in [3.05, 3.63) is 101 Å². The highest BCUT2D eigenvalue weighted by Gasteiger charge is 2.39. The molecular formula is C21H14F2N4. The number of aliphatic imine (C=N–C) groups is 1. The van der Waals surface area contributed by atoms with Gasteiger partial charge in [0.15, 0.2) is 0 Å². The Balaban J connectivity index is 1.78. The van der Waals surface area contributed by atoms with Gasteiger partial charge in [-0.2, -0.15) is 5.26 Å². The van der Waals surface area contributed by atoms with E-state index in [9.17, 15) is 8.78 Å². The molecule has 0 unspecified atom stereocenters. The molecule has 2 aromatic carbocycles. The molecule has 3 aromatic rings. The Labute approximate surface area is 154 Å². The minimum Gasteiger partial charge on any atom is -0.355 e. The summed E-state index contributed by atoms with van der Waals surface area (Å²) in [6.45, 7) is 0.351. The number of rotatable bonds is 3. The molecule has 0 spiro atoms. The summed E-state index contributed by atoms with van der Waals surface area (Å²) in [5, 5.41) is 12.5. The number of aromatic nitrogens is 1. The molecular weight excluding hydrogens is 346 g/mol. The second-order valence-electron chi connectivity index (χ2n) is 6.25. The summed E-state index contributed by atoms with van der Waals surface area (Å²) in [7, 11) is 0. The van der Waals surface area contributed by atoms with Crippen LogP contribution in [0.3, 0.4) is 0 Å². The van der Waals surface area contributed by atoms with Gasteiger partial charge in [0, 0.05) is 11.8 Å². The molecule has 1 aromatic heterocycles. The maximum absolute atomic E-state index is 13.4. The second kappa shape index (κ2) is 6.61. The van der Waals surface area contributed by atoms with Crippen LogP contribution in [0.25, 0.3) is 0 Å². The number of halogens is 2. The van der Waals surface area contributed by atoms with Crippen LogP contribution in [0.2, 0.25) is 0 Å². The Morgan fingerprint density at radius 1 is 0.926 bits per heavy atom. The molecule has 0 fully saturated rings. The van der Waals surface area contributed by atoms with Crippen molar-refractivity contribution in [2.75, 3.05) is 6.54 Å². The van der Waals surface area contributed by atoms with Crippen LogP contribution in [-0.4, -0.2) is 17.4 Å². The summed E-state index contributed by atoms with van der Waals surface area (Å²) in [6, 6.07) is 17.7. The summed E-state index contributed by atoms with van der Waals surface area (Å²) in [5.74, 6) is -0.0672. The lowest BCUT2D eigenvalue weighted by Gasteiger charge is -2.31. The number of nitriles is 1. The van der Waals surface area contributed by atoms with E-state index >= 15 is 0 Å². The first-order valence-electron chi connectivity index (χ1n) is 8.32. The number of amidine groups is 1. The summed E-state index contributed by atoms with van der Waals surface area (Å²) in [4.78, 5) is 8.59. The van der Waals surface area contributed by atoms with Crippen molar-refractivity contribution in [3.63, 3.8) is 0 Å². The molecule has 1 aliphatic heterocycles. The SMILES string of the molecule is N#Cc1cc(C2=NCC(c3ccc(F)cc3)(c3ccc(F)cc3)N2)ccn1. The molecule has 0 aliphatic carbocycles. The maximum atomic E-state index is 13.4. The van der Waals surface area contributed by atoms with Crippen molar-refractivity contribution in [2.24, 2.45) is 4.99 Å². The molecule has 0 amide bonds. The summed E-state index contributed by atoms with van der Waals surface area (Å²) < 4.78 is 26.9. The van der Waals surface area contributed by atoms with Gasteiger partial charge in [0.05, 0.1) is 6.54 Å². The minimum absolute atomic E-state index is 0.290. The van der Waals surface area contributed by atoms with Gasteiger partial charge >= 0.3 is 0 Å². The topological polar surface area (TPSA) is 61.1 Å². The molecule has 0 saturated heterocycles. The zero-order valence-electron chi connectivity index (χ0n) is 14.2. The molecule has 0 saturated carbocycles. The van der Waals surface area contributed by atoms with Crippen molar-refractivity contribution in [2.45, 2.75) is 5.54 Å². The van der Waals surface area contributed by atoms with Gasteiger partial charge in [0.25, 0.3) is 0 Å². The second-order valence-corrected chi connectivity index (χ2v) is 6.25. The van der Waals surface area contributed by atoms with Gasteiger partial charge in [-0.1, -0.05) is 24.3 Å². The molecule has 1 aliphatic rings. The van der Waals surface area contributed by atoms with Crippen molar-refractivity contribution in [3.8, 4) is 6.07 Å². The van der Waals surface area contributed by atoms with Gasteiger partial charge in [-0.05, 0) is 47.5 Å². The predicted molar refractivity (Wildman–Crippen MR) is 97.1 cm³/mol. The first-order valence-corrected chi connectivity index (χ1v) is 8.32. The normalized spacial score (nSPS) is 14.9. The zero-order chi connectivity index (χ0) is 18.9. The van der Waals surface area contributed by atoms with E-state index in [1.165, 1.54) is 24.3 Å². The summed E-state index contributed by atoms with van der Waals surface area (Å²) in [5.41, 5.74) is 1.88. The highest BCUT2D eigenvalue weighted by atomic mass is 19.1. The molecule has 4 rings (SSSR count). The lowest BCUT2D eigenvalue weighted by molar-refractivity contribution is 0.520. The van der Waals surface area contributed by atoms with Crippen LogP contribution >= 0.6 is 0 Å². The van der Waals surface area contributed by atoms with Crippen LogP contribution in [0.1, 0.15) is 22.4 Å². The number of hydrogen-bond acceptors (Lipinski definition) is 4. The van der Waals surface area contributed by atoms with E-state index in [0.29, 0.717) is 12.4 Å². The van der Waals surface area contributed by atoms with Crippen molar-refractivity contribution >= 4 is 5.84 Å². The van der Waals surface area contributed by atoms with Crippen LogP contribution in [0.5, 0.6) is 0 Å². The lowest BCUT2D eigenvalue weighted by Crippen LogP contribution is -2.44. The Morgan fingerprint density at radius 2 is 1.52 bits per heavy atom. The van der Waals surface area contributed by atoms with Gasteiger partial charge in [-0.25, -0.2) is 13.8 Å². The molecule has 2 heterocycles. The predicted octanol–water partition coefficient (Wildman–Crippen LogP) is 3.53. The van der Waals surface area contributed by atoms with E-state index in [1.807, 2.05) is 6.07 Å². The average molecular weight is 360 g/mol. The first-order chi connectivity index (χ1) is 13.1. The number of nitrogens with zero attached hydrogens (tertiary/aromatic N) is 3. The van der Waals surface area contributed by atoms with Gasteiger partial charge in [0.2, 0.25) is 0 Å². The van der Waals surface area contributed by atoms with Crippen LogP contribution in [0.4, 0.5) is 8.78 Å². The van der Waals surface area contributed by atoms with Gasteiger partial charge in [-0.15, -0.1) is 0 Å². The highest BCUT2D eigenvalue weighted by Crippen LogP contribution is 2.34. The Morgan fingerprint density at radius 3 is 2.07 bits per heavy atom. The van der Waals surface area contributed by atoms with Gasteiger partial charge in [-0.3, -0.25) is 4.99 Å². The van der Waals surface area contributed by atoms with E-state index in [1.54, 1.807) is 42.6 Å². The van der Waals surface area contributed by atoms with Crippen molar-refractivity contribution in [1.29, 1.82) is 5.26 Å². The molecule has 0 radical (unpaired) electrons. The van der Waals surface area contributed by atoms with Gasteiger partial charge in [0.1, 0.15) is 34.8 Å². The summed E-state index contributed by atoms with van der Waals surface area (Å²) >= 11 is 0. The Hall–Kier alpha value is -3.59. The largest absolute Gasteiger partial charge is 0.355 e. The molecule has 4 nitrogen and oxygen atoms in total. The molecule has 132 valence electrons. The standard InChI is InChI=1S/C21H14F2N4/c22-17-5-1-15(2-6-17)21(16-3-7-18(23)8-4-16)13-26-20(27-21)14-9-10-25-19(11-14)12-24/h1-11H,13H2,(H,26,27). The minimum atomic E-state index is -0.757.